The number of aliphatic hydroxyl groups is 1. The van der Waals surface area contributed by atoms with E-state index in [-0.39, 0.29) is 12.2 Å². The molecule has 0 amide bonds. The van der Waals surface area contributed by atoms with Gasteiger partial charge in [-0.1, -0.05) is 23.1 Å². The molecule has 0 saturated carbocycles. The summed E-state index contributed by atoms with van der Waals surface area (Å²) in [7, 11) is 1.86. The molecule has 0 aromatic carbocycles. The molecule has 1 N–H and O–H groups in total. The van der Waals surface area contributed by atoms with Crippen molar-refractivity contribution in [1.82, 2.24) is 24.1 Å². The highest BCUT2D eigenvalue weighted by Gasteiger charge is 2.11. The maximum atomic E-state index is 11.8. The molecular formula is C12H13N5O2S2. The highest BCUT2D eigenvalue weighted by molar-refractivity contribution is 7.98. The van der Waals surface area contributed by atoms with Gasteiger partial charge in [-0.25, -0.2) is 9.97 Å². The fourth-order valence-electron chi connectivity index (χ4n) is 1.85. The van der Waals surface area contributed by atoms with Crippen LogP contribution in [0.2, 0.25) is 0 Å². The number of aryl methyl sites for hydroxylation is 1. The zero-order valence-electron chi connectivity index (χ0n) is 11.5. The molecule has 3 aromatic rings. The van der Waals surface area contributed by atoms with Gasteiger partial charge in [0, 0.05) is 18.8 Å². The maximum absolute atomic E-state index is 11.8. The van der Waals surface area contributed by atoms with Crippen LogP contribution < -0.4 is 5.56 Å². The van der Waals surface area contributed by atoms with Crippen molar-refractivity contribution in [2.75, 3.05) is 0 Å². The summed E-state index contributed by atoms with van der Waals surface area (Å²) in [5.41, 5.74) is 1.29. The van der Waals surface area contributed by atoms with E-state index in [9.17, 15) is 4.79 Å². The van der Waals surface area contributed by atoms with Gasteiger partial charge in [0.2, 0.25) is 4.96 Å². The number of hydrogen-bond donors (Lipinski definition) is 1. The van der Waals surface area contributed by atoms with Crippen molar-refractivity contribution in [3.63, 3.8) is 0 Å². The zero-order chi connectivity index (χ0) is 15.0. The van der Waals surface area contributed by atoms with E-state index in [4.69, 9.17) is 5.11 Å². The molecule has 9 heteroatoms. The van der Waals surface area contributed by atoms with E-state index in [2.05, 4.69) is 15.1 Å². The Morgan fingerprint density at radius 1 is 1.48 bits per heavy atom. The van der Waals surface area contributed by atoms with Gasteiger partial charge in [0.05, 0.1) is 24.3 Å². The lowest BCUT2D eigenvalue weighted by atomic mass is 10.5. The zero-order valence-corrected chi connectivity index (χ0v) is 13.1. The Morgan fingerprint density at radius 3 is 3.00 bits per heavy atom. The second kappa shape index (κ2) is 5.58. The Labute approximate surface area is 128 Å². The molecule has 3 rings (SSSR count). The van der Waals surface area contributed by atoms with E-state index in [0.717, 1.165) is 15.9 Å². The second-order valence-electron chi connectivity index (χ2n) is 4.46. The molecule has 7 nitrogen and oxygen atoms in total. The third-order valence-electron chi connectivity index (χ3n) is 2.94. The van der Waals surface area contributed by atoms with E-state index in [1.165, 1.54) is 33.7 Å². The summed E-state index contributed by atoms with van der Waals surface area (Å²) in [4.78, 5) is 21.0. The summed E-state index contributed by atoms with van der Waals surface area (Å²) in [6.45, 7) is 1.75. The molecule has 0 bridgehead atoms. The first-order valence-corrected chi connectivity index (χ1v) is 7.99. The number of thioether (sulfide) groups is 1. The molecule has 0 saturated heterocycles. The minimum Gasteiger partial charge on any atom is -0.390 e. The van der Waals surface area contributed by atoms with Crippen molar-refractivity contribution < 1.29 is 5.11 Å². The van der Waals surface area contributed by atoms with Gasteiger partial charge in [0.1, 0.15) is 5.01 Å². The van der Waals surface area contributed by atoms with Crippen molar-refractivity contribution in [3.05, 3.63) is 39.0 Å². The first kappa shape index (κ1) is 14.2. The van der Waals surface area contributed by atoms with E-state index in [1.807, 2.05) is 11.6 Å². The van der Waals surface area contributed by atoms with Crippen LogP contribution in [-0.2, 0) is 19.4 Å². The van der Waals surface area contributed by atoms with Gasteiger partial charge in [-0.3, -0.25) is 4.79 Å². The first-order valence-electron chi connectivity index (χ1n) is 6.19. The smallest absolute Gasteiger partial charge is 0.275 e. The normalized spacial score (nSPS) is 11.4. The quantitative estimate of drug-likeness (QED) is 0.720. The van der Waals surface area contributed by atoms with Crippen molar-refractivity contribution in [3.8, 4) is 0 Å². The topological polar surface area (TPSA) is 85.3 Å². The predicted octanol–water partition coefficient (Wildman–Crippen LogP) is 0.978. The molecule has 3 heterocycles. The third kappa shape index (κ3) is 2.71. The van der Waals surface area contributed by atoms with Crippen molar-refractivity contribution in [2.24, 2.45) is 7.05 Å². The van der Waals surface area contributed by atoms with Gasteiger partial charge in [-0.2, -0.15) is 9.61 Å². The second-order valence-corrected chi connectivity index (χ2v) is 6.45. The molecule has 110 valence electrons. The van der Waals surface area contributed by atoms with Crippen molar-refractivity contribution in [1.29, 1.82) is 0 Å². The first-order chi connectivity index (χ1) is 10.1. The van der Waals surface area contributed by atoms with Gasteiger partial charge in [-0.15, -0.1) is 0 Å². The molecule has 0 aliphatic carbocycles. The van der Waals surface area contributed by atoms with Crippen LogP contribution in [-0.4, -0.2) is 29.3 Å². The average molecular weight is 323 g/mol. The predicted molar refractivity (Wildman–Crippen MR) is 80.6 cm³/mol. The minimum absolute atomic E-state index is 0.0379. The number of aromatic nitrogens is 5. The van der Waals surface area contributed by atoms with E-state index < -0.39 is 0 Å². The Morgan fingerprint density at radius 2 is 2.29 bits per heavy atom. The van der Waals surface area contributed by atoms with Crippen LogP contribution in [0.3, 0.4) is 0 Å². The standard InChI is InChI=1S/C12H13N5O2S2/c1-7-3-10(19)17-12(14-7)21-9(15-17)6-20-11-13-4-8(5-18)16(11)2/h3-4,18H,5-6H2,1-2H3. The van der Waals surface area contributed by atoms with Crippen LogP contribution in [0.1, 0.15) is 16.4 Å². The molecule has 0 spiro atoms. The number of hydrogen-bond acceptors (Lipinski definition) is 7. The van der Waals surface area contributed by atoms with Crippen molar-refractivity contribution >= 4 is 28.1 Å². The number of imidazole rings is 1. The van der Waals surface area contributed by atoms with Crippen LogP contribution in [0, 0.1) is 6.92 Å². The van der Waals surface area contributed by atoms with Gasteiger partial charge in [0.25, 0.3) is 5.56 Å². The maximum Gasteiger partial charge on any atom is 0.275 e. The molecule has 0 radical (unpaired) electrons. The van der Waals surface area contributed by atoms with Crippen LogP contribution in [0.4, 0.5) is 0 Å². The summed E-state index contributed by atoms with van der Waals surface area (Å²) in [6, 6.07) is 1.47. The van der Waals surface area contributed by atoms with Gasteiger partial charge in [0.15, 0.2) is 5.16 Å². The van der Waals surface area contributed by atoms with E-state index in [1.54, 1.807) is 13.1 Å². The monoisotopic (exact) mass is 323 g/mol. The lowest BCUT2D eigenvalue weighted by Crippen LogP contribution is -2.14. The number of fused-ring (bicyclic) bond motifs is 1. The molecule has 0 fully saturated rings. The average Bonchev–Trinajstić information content (AvgIpc) is 3.00. The summed E-state index contributed by atoms with van der Waals surface area (Å²) in [5, 5.41) is 15.0. The minimum atomic E-state index is -0.162. The molecule has 0 aliphatic rings. The van der Waals surface area contributed by atoms with Gasteiger partial charge >= 0.3 is 0 Å². The molecule has 21 heavy (non-hydrogen) atoms. The number of aliphatic hydroxyl groups excluding tert-OH is 1. The van der Waals surface area contributed by atoms with Crippen molar-refractivity contribution in [2.45, 2.75) is 24.4 Å². The molecule has 0 atom stereocenters. The van der Waals surface area contributed by atoms with Crippen LogP contribution in [0.5, 0.6) is 0 Å². The summed E-state index contributed by atoms with van der Waals surface area (Å²) < 4.78 is 3.16. The van der Waals surface area contributed by atoms with Gasteiger partial charge in [-0.05, 0) is 6.92 Å². The molecule has 0 unspecified atom stereocenters. The highest BCUT2D eigenvalue weighted by atomic mass is 32.2. The Hall–Kier alpha value is -1.71. The van der Waals surface area contributed by atoms with Crippen LogP contribution in [0.15, 0.2) is 22.2 Å². The summed E-state index contributed by atoms with van der Waals surface area (Å²) >= 11 is 2.90. The Kier molecular flexibility index (Phi) is 3.79. The largest absolute Gasteiger partial charge is 0.390 e. The van der Waals surface area contributed by atoms with E-state index in [0.29, 0.717) is 16.4 Å². The molecule has 3 aromatic heterocycles. The fourth-order valence-corrected chi connectivity index (χ4v) is 3.75. The lowest BCUT2D eigenvalue weighted by Gasteiger charge is -2.01. The molecular weight excluding hydrogens is 310 g/mol. The Balaban J connectivity index is 1.83. The third-order valence-corrected chi connectivity index (χ3v) is 5.09. The SMILES string of the molecule is Cc1cc(=O)n2nc(CSc3ncc(CO)n3C)sc2n1. The van der Waals surface area contributed by atoms with Crippen LogP contribution in [0.25, 0.3) is 4.96 Å². The fraction of sp³-hybridized carbons (Fsp3) is 0.333. The van der Waals surface area contributed by atoms with Crippen LogP contribution >= 0.6 is 23.1 Å². The Bertz CT molecular complexity index is 851. The highest BCUT2D eigenvalue weighted by Crippen LogP contribution is 2.24. The molecule has 0 aliphatic heterocycles. The van der Waals surface area contributed by atoms with E-state index >= 15 is 0 Å². The van der Waals surface area contributed by atoms with Gasteiger partial charge < -0.3 is 9.67 Å². The summed E-state index contributed by atoms with van der Waals surface area (Å²) in [5.74, 6) is 0.599. The summed E-state index contributed by atoms with van der Waals surface area (Å²) in [6.07, 6.45) is 1.65. The number of rotatable bonds is 4. The lowest BCUT2D eigenvalue weighted by molar-refractivity contribution is 0.271. The number of nitrogens with zero attached hydrogens (tertiary/aromatic N) is 5.